The van der Waals surface area contributed by atoms with Crippen molar-refractivity contribution in [2.24, 2.45) is 0 Å². The molecule has 38 heavy (non-hydrogen) atoms. The molecule has 2 heteroatoms. The lowest BCUT2D eigenvalue weighted by Crippen LogP contribution is -2.15. The second-order valence-electron chi connectivity index (χ2n) is 9.13. The highest BCUT2D eigenvalue weighted by Gasteiger charge is 2.14. The minimum absolute atomic E-state index is 1.11. The average molecular weight is 520 g/mol. The van der Waals surface area contributed by atoms with E-state index in [2.05, 4.69) is 155 Å². The largest absolute Gasteiger partial charge is 0.311 e. The minimum atomic E-state index is 1.11. The first-order valence-electron chi connectivity index (χ1n) is 13.6. The Morgan fingerprint density at radius 2 is 1.45 bits per heavy atom. The van der Waals surface area contributed by atoms with Gasteiger partial charge in [-0.05, 0) is 112 Å². The van der Waals surface area contributed by atoms with Crippen LogP contribution in [-0.4, -0.2) is 0 Å². The zero-order valence-electron chi connectivity index (χ0n) is 23.7. The van der Waals surface area contributed by atoms with Crippen LogP contribution in [0.25, 0.3) is 21.6 Å². The van der Waals surface area contributed by atoms with Crippen LogP contribution in [0.2, 0.25) is 0 Å². The summed E-state index contributed by atoms with van der Waals surface area (Å²) < 4.78 is 0. The van der Waals surface area contributed by atoms with Crippen molar-refractivity contribution in [3.8, 4) is 10.4 Å². The summed E-state index contributed by atoms with van der Waals surface area (Å²) >= 11 is 1.87. The molecule has 0 atom stereocenters. The standard InChI is InChI=1S/C36H41NS/c1-7-12-16-28(6)35-26-27-36(38-35)31-20-24-34(25-21-31)37(32(15-10-4)17-13-8-2)33-22-18-30(19-23-33)29(11-5)14-9-3/h8-11,13-27H,7,12H2,1-6H3/b13-8?,14-9-,15-10-,28-16+,29-11+,32-17+. The van der Waals surface area contributed by atoms with Gasteiger partial charge in [-0.2, -0.15) is 0 Å². The number of anilines is 2. The first-order chi connectivity index (χ1) is 18.6. The molecule has 1 heterocycles. The van der Waals surface area contributed by atoms with Gasteiger partial charge in [0.25, 0.3) is 0 Å². The molecule has 0 fully saturated rings. The summed E-state index contributed by atoms with van der Waals surface area (Å²) in [6.45, 7) is 12.7. The van der Waals surface area contributed by atoms with E-state index in [9.17, 15) is 0 Å². The molecule has 3 aromatic rings. The van der Waals surface area contributed by atoms with E-state index in [4.69, 9.17) is 0 Å². The molecule has 0 amide bonds. The number of rotatable bonds is 11. The Bertz CT molecular complexity index is 1340. The Hall–Kier alpha value is -3.62. The van der Waals surface area contributed by atoms with Crippen molar-refractivity contribution in [2.75, 3.05) is 4.90 Å². The quantitative estimate of drug-likeness (QED) is 0.228. The molecule has 2 aromatic carbocycles. The summed E-state index contributed by atoms with van der Waals surface area (Å²) in [6, 6.07) is 22.3. The van der Waals surface area contributed by atoms with E-state index in [1.807, 2.05) is 18.3 Å². The lowest BCUT2D eigenvalue weighted by molar-refractivity contribution is 0.959. The SMILES string of the molecule is CC=C/C=C(\C=C/C)N(c1ccc(C(/C=C\C)=C/C)cc1)c1ccc(-c2ccc(/C(C)=C/CCC)s2)cc1. The van der Waals surface area contributed by atoms with Crippen molar-refractivity contribution in [1.29, 1.82) is 0 Å². The van der Waals surface area contributed by atoms with E-state index < -0.39 is 0 Å². The van der Waals surface area contributed by atoms with Gasteiger partial charge in [0.05, 0.1) is 0 Å². The number of unbranched alkanes of at least 4 members (excludes halogenated alkanes) is 1. The molecule has 0 radical (unpaired) electrons. The molecule has 196 valence electrons. The van der Waals surface area contributed by atoms with Gasteiger partial charge in [-0.25, -0.2) is 0 Å². The van der Waals surface area contributed by atoms with E-state index in [1.54, 1.807) is 0 Å². The maximum absolute atomic E-state index is 2.35. The summed E-state index contributed by atoms with van der Waals surface area (Å²) in [5.41, 5.74) is 8.43. The molecule has 0 N–H and O–H groups in total. The number of hydrogen-bond acceptors (Lipinski definition) is 2. The van der Waals surface area contributed by atoms with Gasteiger partial charge in [-0.1, -0.05) is 80.1 Å². The summed E-state index contributed by atoms with van der Waals surface area (Å²) in [4.78, 5) is 4.96. The Morgan fingerprint density at radius 3 is 2.03 bits per heavy atom. The van der Waals surface area contributed by atoms with Crippen LogP contribution >= 0.6 is 11.3 Å². The third-order valence-electron chi connectivity index (χ3n) is 6.32. The molecule has 0 spiro atoms. The summed E-state index contributed by atoms with van der Waals surface area (Å²) in [7, 11) is 0. The van der Waals surface area contributed by atoms with E-state index in [0.717, 1.165) is 23.5 Å². The first-order valence-corrected chi connectivity index (χ1v) is 14.4. The molecule has 0 bridgehead atoms. The summed E-state index contributed by atoms with van der Waals surface area (Å²) in [6.07, 6.45) is 21.6. The van der Waals surface area contributed by atoms with Crippen molar-refractivity contribution < 1.29 is 0 Å². The zero-order chi connectivity index (χ0) is 27.3. The number of hydrogen-bond donors (Lipinski definition) is 0. The van der Waals surface area contributed by atoms with E-state index in [1.165, 1.54) is 38.4 Å². The monoisotopic (exact) mass is 519 g/mol. The van der Waals surface area contributed by atoms with Gasteiger partial charge in [-0.3, -0.25) is 0 Å². The molecular weight excluding hydrogens is 478 g/mol. The summed E-state index contributed by atoms with van der Waals surface area (Å²) in [5.74, 6) is 0. The Kier molecular flexibility index (Phi) is 11.4. The number of allylic oxidation sites excluding steroid dienone is 11. The summed E-state index contributed by atoms with van der Waals surface area (Å²) in [5, 5.41) is 0. The van der Waals surface area contributed by atoms with E-state index >= 15 is 0 Å². The fraction of sp³-hybridized carbons (Fsp3) is 0.222. The second kappa shape index (κ2) is 15.0. The highest BCUT2D eigenvalue weighted by atomic mass is 32.1. The first kappa shape index (κ1) is 28.9. The van der Waals surface area contributed by atoms with Crippen LogP contribution in [0, 0.1) is 0 Å². The lowest BCUT2D eigenvalue weighted by atomic mass is 10.0. The van der Waals surface area contributed by atoms with Crippen molar-refractivity contribution in [3.63, 3.8) is 0 Å². The zero-order valence-corrected chi connectivity index (χ0v) is 24.6. The third kappa shape index (κ3) is 7.46. The predicted octanol–water partition coefficient (Wildman–Crippen LogP) is 11.8. The Balaban J connectivity index is 2.01. The van der Waals surface area contributed by atoms with E-state index in [0.29, 0.717) is 0 Å². The molecule has 0 aliphatic carbocycles. The minimum Gasteiger partial charge on any atom is -0.311 e. The number of thiophene rings is 1. The molecule has 0 aliphatic rings. The maximum Gasteiger partial charge on any atom is 0.0462 e. The predicted molar refractivity (Wildman–Crippen MR) is 173 cm³/mol. The van der Waals surface area contributed by atoms with Gasteiger partial charge < -0.3 is 4.90 Å². The van der Waals surface area contributed by atoms with Gasteiger partial charge in [0.2, 0.25) is 0 Å². The van der Waals surface area contributed by atoms with Gasteiger partial charge in [0.15, 0.2) is 0 Å². The van der Waals surface area contributed by atoms with Crippen LogP contribution in [0.4, 0.5) is 11.4 Å². The number of benzene rings is 2. The molecule has 0 unspecified atom stereocenters. The normalized spacial score (nSPS) is 13.4. The Labute approximate surface area is 234 Å². The highest BCUT2D eigenvalue weighted by molar-refractivity contribution is 7.16. The highest BCUT2D eigenvalue weighted by Crippen LogP contribution is 2.36. The van der Waals surface area contributed by atoms with Crippen LogP contribution in [0.1, 0.15) is 64.8 Å². The number of nitrogens with zero attached hydrogens (tertiary/aromatic N) is 1. The van der Waals surface area contributed by atoms with Crippen LogP contribution in [0.15, 0.2) is 121 Å². The van der Waals surface area contributed by atoms with Gasteiger partial charge in [-0.15, -0.1) is 11.3 Å². The second-order valence-corrected chi connectivity index (χ2v) is 10.2. The Morgan fingerprint density at radius 1 is 0.789 bits per heavy atom. The maximum atomic E-state index is 2.35. The molecule has 1 aromatic heterocycles. The average Bonchev–Trinajstić information content (AvgIpc) is 3.45. The van der Waals surface area contributed by atoms with Gasteiger partial charge in [0, 0.05) is 26.8 Å². The molecule has 0 saturated heterocycles. The lowest BCUT2D eigenvalue weighted by Gasteiger charge is -2.27. The third-order valence-corrected chi connectivity index (χ3v) is 7.58. The fourth-order valence-corrected chi connectivity index (χ4v) is 5.31. The smallest absolute Gasteiger partial charge is 0.0462 e. The van der Waals surface area contributed by atoms with Crippen molar-refractivity contribution >= 4 is 33.9 Å². The molecule has 0 saturated carbocycles. The van der Waals surface area contributed by atoms with Gasteiger partial charge in [0.1, 0.15) is 0 Å². The fourth-order valence-electron chi connectivity index (χ4n) is 4.30. The van der Waals surface area contributed by atoms with Gasteiger partial charge >= 0.3 is 0 Å². The topological polar surface area (TPSA) is 3.24 Å². The molecule has 0 aliphatic heterocycles. The van der Waals surface area contributed by atoms with Crippen molar-refractivity contribution in [1.82, 2.24) is 0 Å². The van der Waals surface area contributed by atoms with E-state index in [-0.39, 0.29) is 0 Å². The molecular formula is C36H41NS. The van der Waals surface area contributed by atoms with Crippen LogP contribution in [0.3, 0.4) is 0 Å². The van der Waals surface area contributed by atoms with Crippen LogP contribution < -0.4 is 4.90 Å². The van der Waals surface area contributed by atoms with Crippen LogP contribution in [0.5, 0.6) is 0 Å². The van der Waals surface area contributed by atoms with Crippen LogP contribution in [-0.2, 0) is 0 Å². The molecule has 1 nitrogen and oxygen atoms in total. The molecule has 3 rings (SSSR count). The van der Waals surface area contributed by atoms with Crippen molar-refractivity contribution in [3.05, 3.63) is 131 Å². The van der Waals surface area contributed by atoms with Crippen molar-refractivity contribution in [2.45, 2.75) is 54.4 Å².